The summed E-state index contributed by atoms with van der Waals surface area (Å²) in [5, 5.41) is 5.42. The second-order valence-corrected chi connectivity index (χ2v) is 3.65. The molecule has 0 radical (unpaired) electrons. The van der Waals surface area contributed by atoms with E-state index in [-0.39, 0.29) is 5.91 Å². The van der Waals surface area contributed by atoms with Crippen molar-refractivity contribution in [2.24, 2.45) is 5.73 Å². The Balaban J connectivity index is 2.93. The summed E-state index contributed by atoms with van der Waals surface area (Å²) in [5.74, 6) is -0.713. The van der Waals surface area contributed by atoms with Crippen molar-refractivity contribution in [3.05, 3.63) is 23.8 Å². The van der Waals surface area contributed by atoms with Gasteiger partial charge in [0.25, 0.3) is 0 Å². The van der Waals surface area contributed by atoms with Crippen molar-refractivity contribution >= 4 is 23.2 Å². The molecule has 0 bridgehead atoms. The van der Waals surface area contributed by atoms with Gasteiger partial charge < -0.3 is 22.1 Å². The standard InChI is InChI=1S/C11H16N4O2/c1-6(11(17)14-2)15-9-5-7(10(13)16)3-4-8(9)12/h3-6,15H,12H2,1-2H3,(H2,13,16)(H,14,17). The number of likely N-dealkylation sites (N-methyl/N-ethyl adjacent to an activating group) is 1. The van der Waals surface area contributed by atoms with Gasteiger partial charge in [-0.15, -0.1) is 0 Å². The monoisotopic (exact) mass is 236 g/mol. The molecule has 0 heterocycles. The highest BCUT2D eigenvalue weighted by Crippen LogP contribution is 2.20. The minimum absolute atomic E-state index is 0.172. The van der Waals surface area contributed by atoms with E-state index in [1.54, 1.807) is 20.0 Å². The van der Waals surface area contributed by atoms with Crippen LogP contribution in [-0.2, 0) is 4.79 Å². The Morgan fingerprint density at radius 3 is 2.53 bits per heavy atom. The first kappa shape index (κ1) is 12.8. The number of nitrogens with two attached hydrogens (primary N) is 2. The Morgan fingerprint density at radius 1 is 1.35 bits per heavy atom. The highest BCUT2D eigenvalue weighted by molar-refractivity contribution is 5.95. The van der Waals surface area contributed by atoms with E-state index in [4.69, 9.17) is 11.5 Å². The molecule has 1 atom stereocenters. The number of primary amides is 1. The number of benzene rings is 1. The largest absolute Gasteiger partial charge is 0.397 e. The average Bonchev–Trinajstić information content (AvgIpc) is 2.30. The van der Waals surface area contributed by atoms with Gasteiger partial charge in [0.05, 0.1) is 11.4 Å². The third-order valence-electron chi connectivity index (χ3n) is 2.35. The van der Waals surface area contributed by atoms with E-state index < -0.39 is 11.9 Å². The van der Waals surface area contributed by atoms with Gasteiger partial charge >= 0.3 is 0 Å². The predicted molar refractivity (Wildman–Crippen MR) is 66.5 cm³/mol. The van der Waals surface area contributed by atoms with Crippen LogP contribution in [0.5, 0.6) is 0 Å². The van der Waals surface area contributed by atoms with Crippen molar-refractivity contribution < 1.29 is 9.59 Å². The molecule has 0 fully saturated rings. The van der Waals surface area contributed by atoms with Crippen LogP contribution in [0.2, 0.25) is 0 Å². The van der Waals surface area contributed by atoms with Crippen LogP contribution in [0.25, 0.3) is 0 Å². The van der Waals surface area contributed by atoms with Crippen LogP contribution in [0.15, 0.2) is 18.2 Å². The van der Waals surface area contributed by atoms with Crippen LogP contribution in [-0.4, -0.2) is 24.9 Å². The molecule has 0 aromatic heterocycles. The molecule has 6 nitrogen and oxygen atoms in total. The molecule has 0 aliphatic rings. The zero-order valence-corrected chi connectivity index (χ0v) is 9.78. The smallest absolute Gasteiger partial charge is 0.248 e. The molecule has 1 unspecified atom stereocenters. The van der Waals surface area contributed by atoms with E-state index in [1.807, 2.05) is 0 Å². The quantitative estimate of drug-likeness (QED) is 0.548. The van der Waals surface area contributed by atoms with Crippen LogP contribution in [0.1, 0.15) is 17.3 Å². The number of anilines is 2. The van der Waals surface area contributed by atoms with Crippen LogP contribution in [0.4, 0.5) is 11.4 Å². The normalized spacial score (nSPS) is 11.6. The minimum atomic E-state index is -0.541. The number of carbonyl (C=O) groups is 2. The van der Waals surface area contributed by atoms with Gasteiger partial charge in [0.15, 0.2) is 0 Å². The molecule has 0 aliphatic heterocycles. The number of hydrogen-bond donors (Lipinski definition) is 4. The lowest BCUT2D eigenvalue weighted by Crippen LogP contribution is -2.35. The second-order valence-electron chi connectivity index (χ2n) is 3.65. The summed E-state index contributed by atoms with van der Waals surface area (Å²) in [4.78, 5) is 22.4. The summed E-state index contributed by atoms with van der Waals surface area (Å²) in [6, 6.07) is 4.18. The lowest BCUT2D eigenvalue weighted by molar-refractivity contribution is -0.121. The summed E-state index contributed by atoms with van der Waals surface area (Å²) in [6.45, 7) is 1.69. The third-order valence-corrected chi connectivity index (χ3v) is 2.35. The molecule has 92 valence electrons. The number of carbonyl (C=O) groups excluding carboxylic acids is 2. The van der Waals surface area contributed by atoms with Crippen molar-refractivity contribution in [1.29, 1.82) is 0 Å². The maximum absolute atomic E-state index is 11.3. The van der Waals surface area contributed by atoms with Crippen molar-refractivity contribution in [3.8, 4) is 0 Å². The first-order valence-electron chi connectivity index (χ1n) is 5.13. The number of amides is 2. The molecule has 6 heteroatoms. The maximum atomic E-state index is 11.3. The molecule has 6 N–H and O–H groups in total. The Bertz CT molecular complexity index is 445. The fraction of sp³-hybridized carbons (Fsp3) is 0.273. The Morgan fingerprint density at radius 2 is 2.00 bits per heavy atom. The van der Waals surface area contributed by atoms with E-state index in [1.165, 1.54) is 12.1 Å². The van der Waals surface area contributed by atoms with Crippen molar-refractivity contribution in [1.82, 2.24) is 5.32 Å². The molecule has 0 aliphatic carbocycles. The van der Waals surface area contributed by atoms with Crippen molar-refractivity contribution in [2.75, 3.05) is 18.1 Å². The minimum Gasteiger partial charge on any atom is -0.397 e. The zero-order chi connectivity index (χ0) is 13.0. The molecule has 17 heavy (non-hydrogen) atoms. The van der Waals surface area contributed by atoms with Crippen LogP contribution >= 0.6 is 0 Å². The number of nitrogens with one attached hydrogen (secondary N) is 2. The van der Waals surface area contributed by atoms with Gasteiger partial charge in [-0.2, -0.15) is 0 Å². The lowest BCUT2D eigenvalue weighted by Gasteiger charge is -2.15. The van der Waals surface area contributed by atoms with E-state index in [9.17, 15) is 9.59 Å². The number of nitrogen functional groups attached to an aromatic ring is 1. The molecule has 1 aromatic carbocycles. The fourth-order valence-corrected chi connectivity index (χ4v) is 1.35. The first-order valence-corrected chi connectivity index (χ1v) is 5.13. The lowest BCUT2D eigenvalue weighted by atomic mass is 10.1. The molecule has 0 saturated heterocycles. The maximum Gasteiger partial charge on any atom is 0.248 e. The van der Waals surface area contributed by atoms with Gasteiger partial charge in [0.2, 0.25) is 11.8 Å². The third kappa shape index (κ3) is 3.10. The number of rotatable bonds is 4. The van der Waals surface area contributed by atoms with Crippen molar-refractivity contribution in [2.45, 2.75) is 13.0 Å². The van der Waals surface area contributed by atoms with Crippen LogP contribution in [0, 0.1) is 0 Å². The van der Waals surface area contributed by atoms with Gasteiger partial charge in [0, 0.05) is 12.6 Å². The van der Waals surface area contributed by atoms with Gasteiger partial charge in [0.1, 0.15) is 6.04 Å². The van der Waals surface area contributed by atoms with Gasteiger partial charge in [-0.1, -0.05) is 0 Å². The van der Waals surface area contributed by atoms with E-state index in [0.29, 0.717) is 16.9 Å². The highest BCUT2D eigenvalue weighted by atomic mass is 16.2. The van der Waals surface area contributed by atoms with Crippen molar-refractivity contribution in [3.63, 3.8) is 0 Å². The van der Waals surface area contributed by atoms with Gasteiger partial charge in [-0.3, -0.25) is 9.59 Å². The average molecular weight is 236 g/mol. The summed E-state index contributed by atoms with van der Waals surface area (Å²) < 4.78 is 0. The summed E-state index contributed by atoms with van der Waals surface area (Å²) in [5.41, 5.74) is 12.2. The van der Waals surface area contributed by atoms with Crippen LogP contribution in [0.3, 0.4) is 0 Å². The van der Waals surface area contributed by atoms with E-state index >= 15 is 0 Å². The van der Waals surface area contributed by atoms with Gasteiger partial charge in [-0.05, 0) is 25.1 Å². The molecule has 1 rings (SSSR count). The fourth-order valence-electron chi connectivity index (χ4n) is 1.35. The Labute approximate surface area is 99.4 Å². The van der Waals surface area contributed by atoms with Gasteiger partial charge in [-0.25, -0.2) is 0 Å². The SMILES string of the molecule is CNC(=O)C(C)Nc1cc(C(N)=O)ccc1N. The summed E-state index contributed by atoms with van der Waals surface area (Å²) in [7, 11) is 1.55. The number of hydrogen-bond acceptors (Lipinski definition) is 4. The molecular formula is C11H16N4O2. The predicted octanol–water partition coefficient (Wildman–Crippen LogP) is -0.0859. The molecule has 0 saturated carbocycles. The van der Waals surface area contributed by atoms with Crippen LogP contribution < -0.4 is 22.1 Å². The first-order chi connectivity index (χ1) is 7.95. The second kappa shape index (κ2) is 5.20. The highest BCUT2D eigenvalue weighted by Gasteiger charge is 2.13. The van der Waals surface area contributed by atoms with E-state index in [2.05, 4.69) is 10.6 Å². The molecule has 0 spiro atoms. The summed E-state index contributed by atoms with van der Waals surface area (Å²) in [6.07, 6.45) is 0. The molecular weight excluding hydrogens is 220 g/mol. The summed E-state index contributed by atoms with van der Waals surface area (Å²) >= 11 is 0. The topological polar surface area (TPSA) is 110 Å². The Hall–Kier alpha value is -2.24. The van der Waals surface area contributed by atoms with E-state index in [0.717, 1.165) is 0 Å². The molecule has 2 amide bonds. The molecule has 1 aromatic rings. The zero-order valence-electron chi connectivity index (χ0n) is 9.78. The Kier molecular flexibility index (Phi) is 3.92.